The molecule has 0 fully saturated rings. The lowest BCUT2D eigenvalue weighted by atomic mass is 10.1. The molecule has 4 nitrogen and oxygen atoms in total. The highest BCUT2D eigenvalue weighted by Crippen LogP contribution is 2.39. The number of imide groups is 1. The Balaban J connectivity index is 1.44. The Morgan fingerprint density at radius 2 is 0.909 bits per heavy atom. The monoisotopic (exact) mass is 446 g/mol. The molecular weight excluding hydrogens is 424 g/mol. The Kier molecular flexibility index (Phi) is 4.19. The van der Waals surface area contributed by atoms with Crippen LogP contribution >= 0.6 is 0 Å². The minimum atomic E-state index is -1.83. The quantitative estimate of drug-likeness (QED) is 0.318. The van der Waals surface area contributed by atoms with Crippen LogP contribution in [-0.4, -0.2) is 19.9 Å². The molecule has 0 saturated carbocycles. The molecule has 0 saturated heterocycles. The van der Waals surface area contributed by atoms with Crippen LogP contribution in [0.25, 0.3) is 0 Å². The van der Waals surface area contributed by atoms with Crippen LogP contribution < -0.4 is 20.2 Å². The maximum Gasteiger partial charge on any atom is 0.266 e. The van der Waals surface area contributed by atoms with E-state index in [1.165, 1.54) is 26.6 Å². The predicted molar refractivity (Wildman–Crippen MR) is 135 cm³/mol. The minimum absolute atomic E-state index is 0.273. The van der Waals surface area contributed by atoms with Gasteiger partial charge >= 0.3 is 0 Å². The SMILES string of the molecule is C[Si]1(C)c2ccccc2N(c2ccc(N3C(=O)c4ccccc4C3=O)cc2)c2ccccc21. The van der Waals surface area contributed by atoms with E-state index in [4.69, 9.17) is 0 Å². The Hall–Kier alpha value is -3.96. The molecule has 4 aromatic rings. The molecule has 2 heterocycles. The number of carbonyl (C=O) groups is 2. The lowest BCUT2D eigenvalue weighted by Crippen LogP contribution is -2.58. The molecule has 0 N–H and O–H groups in total. The number of carbonyl (C=O) groups excluding carboxylic acids is 2. The zero-order chi connectivity index (χ0) is 22.7. The van der Waals surface area contributed by atoms with Gasteiger partial charge in [-0.25, -0.2) is 4.90 Å². The lowest BCUT2D eigenvalue weighted by Gasteiger charge is -2.41. The van der Waals surface area contributed by atoms with E-state index in [-0.39, 0.29) is 11.8 Å². The first-order valence-corrected chi connectivity index (χ1v) is 14.1. The summed E-state index contributed by atoms with van der Waals surface area (Å²) in [5, 5.41) is 2.79. The van der Waals surface area contributed by atoms with Gasteiger partial charge in [-0.1, -0.05) is 61.6 Å². The number of hydrogen-bond acceptors (Lipinski definition) is 3. The molecule has 0 aromatic heterocycles. The summed E-state index contributed by atoms with van der Waals surface area (Å²) in [6.45, 7) is 4.79. The molecular formula is C28H22N2O2Si. The van der Waals surface area contributed by atoms with Crippen molar-refractivity contribution in [3.8, 4) is 0 Å². The van der Waals surface area contributed by atoms with Crippen LogP contribution in [0.15, 0.2) is 97.1 Å². The standard InChI is InChI=1S/C28H22N2O2Si/c1-33(2)25-13-7-5-11-23(25)29(24-12-6-8-14-26(24)33)19-15-17-20(18-16-19)30-27(31)21-9-3-4-10-22(21)28(30)32/h3-18H,1-2H3. The van der Waals surface area contributed by atoms with E-state index in [1.54, 1.807) is 24.3 Å². The summed E-state index contributed by atoms with van der Waals surface area (Å²) >= 11 is 0. The van der Waals surface area contributed by atoms with E-state index in [0.29, 0.717) is 16.8 Å². The molecule has 5 heteroatoms. The number of anilines is 4. The van der Waals surface area contributed by atoms with Crippen molar-refractivity contribution in [1.82, 2.24) is 0 Å². The number of amides is 2. The van der Waals surface area contributed by atoms with E-state index < -0.39 is 8.07 Å². The molecule has 160 valence electrons. The predicted octanol–water partition coefficient (Wildman–Crippen LogP) is 5.09. The summed E-state index contributed by atoms with van der Waals surface area (Å²) < 4.78 is 0. The highest BCUT2D eigenvalue weighted by Gasteiger charge is 2.39. The first-order valence-electron chi connectivity index (χ1n) is 11.1. The molecule has 0 unspecified atom stereocenters. The van der Waals surface area contributed by atoms with Crippen molar-refractivity contribution in [3.05, 3.63) is 108 Å². The van der Waals surface area contributed by atoms with E-state index in [2.05, 4.69) is 66.5 Å². The second kappa shape index (κ2) is 7.02. The second-order valence-electron chi connectivity index (χ2n) is 9.00. The lowest BCUT2D eigenvalue weighted by molar-refractivity contribution is 0.0926. The van der Waals surface area contributed by atoms with Crippen LogP contribution in [0.4, 0.5) is 22.7 Å². The van der Waals surface area contributed by atoms with E-state index in [9.17, 15) is 9.59 Å². The van der Waals surface area contributed by atoms with Crippen molar-refractivity contribution in [2.24, 2.45) is 0 Å². The van der Waals surface area contributed by atoms with Gasteiger partial charge in [0.2, 0.25) is 0 Å². The Morgan fingerprint density at radius 1 is 0.515 bits per heavy atom. The molecule has 2 amide bonds. The van der Waals surface area contributed by atoms with Crippen LogP contribution in [0.5, 0.6) is 0 Å². The van der Waals surface area contributed by atoms with Crippen molar-refractivity contribution in [2.75, 3.05) is 9.80 Å². The van der Waals surface area contributed by atoms with Crippen LogP contribution in [0.2, 0.25) is 13.1 Å². The third-order valence-corrected chi connectivity index (χ3v) is 10.3. The van der Waals surface area contributed by atoms with Gasteiger partial charge in [-0.3, -0.25) is 9.59 Å². The smallest absolute Gasteiger partial charge is 0.266 e. The normalized spacial score (nSPS) is 15.8. The molecule has 33 heavy (non-hydrogen) atoms. The molecule has 0 radical (unpaired) electrons. The number of hydrogen-bond donors (Lipinski definition) is 0. The fraction of sp³-hybridized carbons (Fsp3) is 0.0714. The third kappa shape index (κ3) is 2.76. The molecule has 0 bridgehead atoms. The molecule has 0 aliphatic carbocycles. The van der Waals surface area contributed by atoms with Gasteiger partial charge in [0, 0.05) is 17.1 Å². The minimum Gasteiger partial charge on any atom is -0.311 e. The van der Waals surface area contributed by atoms with Gasteiger partial charge in [0.25, 0.3) is 11.8 Å². The molecule has 4 aromatic carbocycles. The van der Waals surface area contributed by atoms with Gasteiger partial charge in [0.05, 0.1) is 16.8 Å². The summed E-state index contributed by atoms with van der Waals surface area (Å²) in [5.74, 6) is -0.547. The highest BCUT2D eigenvalue weighted by molar-refractivity contribution is 7.02. The zero-order valence-electron chi connectivity index (χ0n) is 18.4. The third-order valence-electron chi connectivity index (χ3n) is 6.80. The van der Waals surface area contributed by atoms with Gasteiger partial charge in [0.1, 0.15) is 8.07 Å². The largest absolute Gasteiger partial charge is 0.311 e. The number of para-hydroxylation sites is 2. The van der Waals surface area contributed by atoms with Crippen molar-refractivity contribution < 1.29 is 9.59 Å². The molecule has 6 rings (SSSR count). The van der Waals surface area contributed by atoms with Crippen molar-refractivity contribution >= 4 is 53.0 Å². The van der Waals surface area contributed by atoms with Crippen molar-refractivity contribution in [2.45, 2.75) is 13.1 Å². The second-order valence-corrected chi connectivity index (χ2v) is 13.3. The summed E-state index contributed by atoms with van der Waals surface area (Å²) in [6, 6.07) is 31.9. The van der Waals surface area contributed by atoms with Crippen molar-refractivity contribution in [3.63, 3.8) is 0 Å². The zero-order valence-corrected chi connectivity index (χ0v) is 19.4. The number of rotatable bonds is 2. The van der Waals surface area contributed by atoms with Gasteiger partial charge in [0.15, 0.2) is 0 Å². The van der Waals surface area contributed by atoms with Crippen LogP contribution in [0, 0.1) is 0 Å². The number of fused-ring (bicyclic) bond motifs is 3. The Labute approximate surface area is 193 Å². The number of benzene rings is 4. The Morgan fingerprint density at radius 3 is 1.39 bits per heavy atom. The van der Waals surface area contributed by atoms with E-state index >= 15 is 0 Å². The maximum atomic E-state index is 12.9. The van der Waals surface area contributed by atoms with E-state index in [1.807, 2.05) is 24.3 Å². The van der Waals surface area contributed by atoms with E-state index in [0.717, 1.165) is 5.69 Å². The molecule has 0 atom stereocenters. The molecule has 2 aliphatic heterocycles. The summed E-state index contributed by atoms with van der Waals surface area (Å²) in [5.41, 5.74) is 4.89. The fourth-order valence-corrected chi connectivity index (χ4v) is 8.11. The first-order chi connectivity index (χ1) is 16.0. The van der Waals surface area contributed by atoms with Gasteiger partial charge in [-0.2, -0.15) is 0 Å². The molecule has 2 aliphatic rings. The summed E-state index contributed by atoms with van der Waals surface area (Å²) in [7, 11) is -1.83. The maximum absolute atomic E-state index is 12.9. The van der Waals surface area contributed by atoms with Crippen LogP contribution in [-0.2, 0) is 0 Å². The molecule has 0 spiro atoms. The topological polar surface area (TPSA) is 40.6 Å². The fourth-order valence-electron chi connectivity index (χ4n) is 5.12. The van der Waals surface area contributed by atoms with Crippen LogP contribution in [0.3, 0.4) is 0 Å². The van der Waals surface area contributed by atoms with Crippen LogP contribution in [0.1, 0.15) is 20.7 Å². The van der Waals surface area contributed by atoms with Gasteiger partial charge < -0.3 is 4.90 Å². The summed E-state index contributed by atoms with van der Waals surface area (Å²) in [6.07, 6.45) is 0. The first kappa shape index (κ1) is 19.7. The average Bonchev–Trinajstić information content (AvgIpc) is 3.10. The Bertz CT molecular complexity index is 1360. The van der Waals surface area contributed by atoms with Gasteiger partial charge in [-0.15, -0.1) is 0 Å². The number of nitrogens with zero attached hydrogens (tertiary/aromatic N) is 2. The highest BCUT2D eigenvalue weighted by atomic mass is 28.3. The summed E-state index contributed by atoms with van der Waals surface area (Å²) in [4.78, 5) is 29.3. The van der Waals surface area contributed by atoms with Gasteiger partial charge in [-0.05, 0) is 58.9 Å². The van der Waals surface area contributed by atoms with Crippen molar-refractivity contribution in [1.29, 1.82) is 0 Å². The average molecular weight is 447 g/mol.